The normalized spacial score (nSPS) is 12.1. The summed E-state index contributed by atoms with van der Waals surface area (Å²) in [6, 6.07) is 6.06. The lowest BCUT2D eigenvalue weighted by Crippen LogP contribution is -2.35. The third-order valence-corrected chi connectivity index (χ3v) is 3.28. The molecule has 0 aromatic heterocycles. The van der Waals surface area contributed by atoms with E-state index in [1.807, 2.05) is 32.9 Å². The van der Waals surface area contributed by atoms with Crippen LogP contribution in [0.15, 0.2) is 18.2 Å². The fraction of sp³-hybridized carbons (Fsp3) is 0.562. The summed E-state index contributed by atoms with van der Waals surface area (Å²) >= 11 is 0. The zero-order valence-electron chi connectivity index (χ0n) is 13.0. The van der Waals surface area contributed by atoms with Crippen LogP contribution < -0.4 is 10.5 Å². The van der Waals surface area contributed by atoms with Gasteiger partial charge in [-0.05, 0) is 43.5 Å². The van der Waals surface area contributed by atoms with Crippen molar-refractivity contribution in [1.29, 1.82) is 0 Å². The summed E-state index contributed by atoms with van der Waals surface area (Å²) in [7, 11) is 1.79. The van der Waals surface area contributed by atoms with Crippen molar-refractivity contribution in [2.45, 2.75) is 39.7 Å². The van der Waals surface area contributed by atoms with Crippen molar-refractivity contribution in [2.75, 3.05) is 20.2 Å². The Hall–Kier alpha value is -1.55. The average Bonchev–Trinajstić information content (AvgIpc) is 2.37. The Morgan fingerprint density at radius 1 is 1.30 bits per heavy atom. The van der Waals surface area contributed by atoms with E-state index in [0.717, 1.165) is 12.2 Å². The first-order valence-corrected chi connectivity index (χ1v) is 7.13. The summed E-state index contributed by atoms with van der Waals surface area (Å²) in [4.78, 5) is 13.5. The highest BCUT2D eigenvalue weighted by Gasteiger charge is 2.12. The van der Waals surface area contributed by atoms with E-state index >= 15 is 0 Å². The highest BCUT2D eigenvalue weighted by Crippen LogP contribution is 2.16. The summed E-state index contributed by atoms with van der Waals surface area (Å²) in [6.45, 7) is 7.14. The fourth-order valence-corrected chi connectivity index (χ4v) is 1.97. The molecule has 2 N–H and O–H groups in total. The molecule has 0 aliphatic carbocycles. The van der Waals surface area contributed by atoms with Crippen LogP contribution in [-0.2, 0) is 4.79 Å². The number of nitrogens with zero attached hydrogens (tertiary/aromatic N) is 1. The summed E-state index contributed by atoms with van der Waals surface area (Å²) in [5.74, 6) is 0.928. The molecular formula is C16H26N2O2. The maximum Gasteiger partial charge on any atom is 0.223 e. The SMILES string of the molecule is CCC(N)CC(=O)N(C)CCOc1cc(C)cc(C)c1. The number of hydrogen-bond acceptors (Lipinski definition) is 3. The first kappa shape index (κ1) is 16.5. The van der Waals surface area contributed by atoms with Gasteiger partial charge in [-0.3, -0.25) is 4.79 Å². The molecule has 0 fully saturated rings. The number of nitrogens with two attached hydrogens (primary N) is 1. The van der Waals surface area contributed by atoms with Gasteiger partial charge < -0.3 is 15.4 Å². The molecule has 1 rings (SSSR count). The van der Waals surface area contributed by atoms with Crippen LogP contribution in [0.25, 0.3) is 0 Å². The molecule has 0 radical (unpaired) electrons. The molecule has 1 unspecified atom stereocenters. The summed E-state index contributed by atoms with van der Waals surface area (Å²) in [5, 5.41) is 0. The van der Waals surface area contributed by atoms with Crippen LogP contribution in [0.4, 0.5) is 0 Å². The quantitative estimate of drug-likeness (QED) is 0.832. The number of amides is 1. The topological polar surface area (TPSA) is 55.6 Å². The van der Waals surface area contributed by atoms with E-state index in [4.69, 9.17) is 10.5 Å². The Morgan fingerprint density at radius 3 is 2.45 bits per heavy atom. The van der Waals surface area contributed by atoms with Gasteiger partial charge in [0.1, 0.15) is 12.4 Å². The molecule has 0 spiro atoms. The van der Waals surface area contributed by atoms with Crippen LogP contribution in [0.5, 0.6) is 5.75 Å². The van der Waals surface area contributed by atoms with E-state index in [2.05, 4.69) is 6.07 Å². The van der Waals surface area contributed by atoms with Crippen LogP contribution in [0, 0.1) is 13.8 Å². The standard InChI is InChI=1S/C16H26N2O2/c1-5-14(17)11-16(19)18(4)6-7-20-15-9-12(2)8-13(3)10-15/h8-10,14H,5-7,11,17H2,1-4H3. The molecule has 0 heterocycles. The van der Waals surface area contributed by atoms with Gasteiger partial charge in [-0.2, -0.15) is 0 Å². The van der Waals surface area contributed by atoms with Gasteiger partial charge >= 0.3 is 0 Å². The first-order valence-electron chi connectivity index (χ1n) is 7.13. The van der Waals surface area contributed by atoms with Crippen molar-refractivity contribution >= 4 is 5.91 Å². The molecule has 1 amide bonds. The number of carbonyl (C=O) groups excluding carboxylic acids is 1. The molecule has 4 heteroatoms. The number of benzene rings is 1. The Bertz CT molecular complexity index is 426. The zero-order chi connectivity index (χ0) is 15.1. The number of rotatable bonds is 7. The minimum atomic E-state index is -0.0507. The molecule has 0 saturated carbocycles. The lowest BCUT2D eigenvalue weighted by atomic mass is 10.1. The van der Waals surface area contributed by atoms with E-state index < -0.39 is 0 Å². The van der Waals surface area contributed by atoms with E-state index in [9.17, 15) is 4.79 Å². The third-order valence-electron chi connectivity index (χ3n) is 3.28. The summed E-state index contributed by atoms with van der Waals surface area (Å²) in [6.07, 6.45) is 1.22. The predicted molar refractivity (Wildman–Crippen MR) is 81.9 cm³/mol. The number of ether oxygens (including phenoxy) is 1. The van der Waals surface area contributed by atoms with Crippen molar-refractivity contribution in [1.82, 2.24) is 4.90 Å². The fourth-order valence-electron chi connectivity index (χ4n) is 1.97. The van der Waals surface area contributed by atoms with Crippen LogP contribution in [0.2, 0.25) is 0 Å². The zero-order valence-corrected chi connectivity index (χ0v) is 13.0. The Morgan fingerprint density at radius 2 is 1.90 bits per heavy atom. The van der Waals surface area contributed by atoms with Crippen LogP contribution in [-0.4, -0.2) is 37.0 Å². The molecule has 0 aliphatic heterocycles. The molecule has 0 aliphatic rings. The third kappa shape index (κ3) is 5.61. The molecular weight excluding hydrogens is 252 g/mol. The van der Waals surface area contributed by atoms with Crippen LogP contribution in [0.3, 0.4) is 0 Å². The molecule has 1 atom stereocenters. The van der Waals surface area contributed by atoms with Crippen LogP contribution in [0.1, 0.15) is 30.9 Å². The number of hydrogen-bond donors (Lipinski definition) is 1. The van der Waals surface area contributed by atoms with Gasteiger partial charge in [-0.25, -0.2) is 0 Å². The summed E-state index contributed by atoms with van der Waals surface area (Å²) < 4.78 is 5.69. The van der Waals surface area contributed by atoms with Gasteiger partial charge in [0.2, 0.25) is 5.91 Å². The molecule has 0 bridgehead atoms. The lowest BCUT2D eigenvalue weighted by molar-refractivity contribution is -0.130. The largest absolute Gasteiger partial charge is 0.492 e. The van der Waals surface area contributed by atoms with Crippen molar-refractivity contribution in [3.63, 3.8) is 0 Å². The van der Waals surface area contributed by atoms with E-state index in [1.165, 1.54) is 11.1 Å². The van der Waals surface area contributed by atoms with E-state index in [-0.39, 0.29) is 11.9 Å². The monoisotopic (exact) mass is 278 g/mol. The minimum absolute atomic E-state index is 0.0507. The predicted octanol–water partition coefficient (Wildman–Crippen LogP) is 2.27. The molecule has 1 aromatic rings. The van der Waals surface area contributed by atoms with Gasteiger partial charge in [0, 0.05) is 19.5 Å². The minimum Gasteiger partial charge on any atom is -0.492 e. The highest BCUT2D eigenvalue weighted by molar-refractivity contribution is 5.76. The van der Waals surface area contributed by atoms with Crippen molar-refractivity contribution < 1.29 is 9.53 Å². The van der Waals surface area contributed by atoms with Gasteiger partial charge in [-0.15, -0.1) is 0 Å². The van der Waals surface area contributed by atoms with E-state index in [0.29, 0.717) is 19.6 Å². The molecule has 4 nitrogen and oxygen atoms in total. The first-order chi connectivity index (χ1) is 9.42. The molecule has 1 aromatic carbocycles. The molecule has 20 heavy (non-hydrogen) atoms. The Labute approximate surface area is 121 Å². The van der Waals surface area contributed by atoms with Gasteiger partial charge in [0.25, 0.3) is 0 Å². The second kappa shape index (κ2) is 7.90. The van der Waals surface area contributed by atoms with Crippen molar-refractivity contribution in [3.05, 3.63) is 29.3 Å². The van der Waals surface area contributed by atoms with Gasteiger partial charge in [-0.1, -0.05) is 13.0 Å². The smallest absolute Gasteiger partial charge is 0.223 e. The van der Waals surface area contributed by atoms with Crippen molar-refractivity contribution in [3.8, 4) is 5.75 Å². The lowest BCUT2D eigenvalue weighted by Gasteiger charge is -2.19. The number of aryl methyl sites for hydroxylation is 2. The second-order valence-electron chi connectivity index (χ2n) is 5.36. The maximum atomic E-state index is 11.9. The number of likely N-dealkylation sites (N-methyl/N-ethyl adjacent to an activating group) is 1. The second-order valence-corrected chi connectivity index (χ2v) is 5.36. The van der Waals surface area contributed by atoms with Gasteiger partial charge in [0.05, 0.1) is 6.54 Å². The molecule has 0 saturated heterocycles. The van der Waals surface area contributed by atoms with Gasteiger partial charge in [0.15, 0.2) is 0 Å². The summed E-state index contributed by atoms with van der Waals surface area (Å²) in [5.41, 5.74) is 8.14. The highest BCUT2D eigenvalue weighted by atomic mass is 16.5. The molecule has 112 valence electrons. The Balaban J connectivity index is 2.38. The average molecular weight is 278 g/mol. The Kier molecular flexibility index (Phi) is 6.52. The maximum absolute atomic E-state index is 11.9. The van der Waals surface area contributed by atoms with Crippen molar-refractivity contribution in [2.24, 2.45) is 5.73 Å². The number of carbonyl (C=O) groups is 1. The van der Waals surface area contributed by atoms with E-state index in [1.54, 1.807) is 11.9 Å². The van der Waals surface area contributed by atoms with Crippen LogP contribution >= 0.6 is 0 Å².